The molecule has 1 spiro atoms. The number of nitrogens with one attached hydrogen (secondary N) is 1. The molecule has 1 aromatic rings. The van der Waals surface area contributed by atoms with E-state index in [1.54, 1.807) is 0 Å². The van der Waals surface area contributed by atoms with Crippen LogP contribution in [-0.4, -0.2) is 25.0 Å². The molecule has 2 aliphatic rings. The number of rotatable bonds is 3. The van der Waals surface area contributed by atoms with Gasteiger partial charge in [0.05, 0.1) is 13.2 Å². The van der Waals surface area contributed by atoms with E-state index in [2.05, 4.69) is 42.6 Å². The zero-order valence-electron chi connectivity index (χ0n) is 11.6. The molecule has 3 nitrogen and oxygen atoms in total. The lowest BCUT2D eigenvalue weighted by Crippen LogP contribution is -2.42. The van der Waals surface area contributed by atoms with Gasteiger partial charge in [-0.25, -0.2) is 0 Å². The van der Waals surface area contributed by atoms with Gasteiger partial charge in [-0.2, -0.15) is 0 Å². The average molecular weight is 261 g/mol. The van der Waals surface area contributed by atoms with Crippen molar-refractivity contribution in [2.45, 2.75) is 50.5 Å². The Balaban J connectivity index is 1.52. The van der Waals surface area contributed by atoms with Gasteiger partial charge < -0.3 is 14.8 Å². The van der Waals surface area contributed by atoms with Crippen LogP contribution in [0.4, 0.5) is 0 Å². The summed E-state index contributed by atoms with van der Waals surface area (Å²) >= 11 is 0. The third-order valence-corrected chi connectivity index (χ3v) is 4.35. The van der Waals surface area contributed by atoms with Gasteiger partial charge in [0.2, 0.25) is 0 Å². The molecule has 1 saturated carbocycles. The molecule has 104 valence electrons. The second-order valence-corrected chi connectivity index (χ2v) is 5.68. The predicted octanol–water partition coefficient (Wildman–Crippen LogP) is 3.02. The van der Waals surface area contributed by atoms with E-state index in [9.17, 15) is 0 Å². The second kappa shape index (κ2) is 5.61. The lowest BCUT2D eigenvalue weighted by atomic mass is 9.89. The predicted molar refractivity (Wildman–Crippen MR) is 74.9 cm³/mol. The van der Waals surface area contributed by atoms with Gasteiger partial charge in [0, 0.05) is 24.9 Å². The summed E-state index contributed by atoms with van der Waals surface area (Å²) in [6.45, 7) is 3.76. The number of hydrogen-bond acceptors (Lipinski definition) is 3. The Kier molecular flexibility index (Phi) is 3.87. The molecule has 0 bridgehead atoms. The lowest BCUT2D eigenvalue weighted by molar-refractivity contribution is -0.179. The monoisotopic (exact) mass is 261 g/mol. The first-order valence-corrected chi connectivity index (χ1v) is 7.36. The minimum absolute atomic E-state index is 0.242. The van der Waals surface area contributed by atoms with Gasteiger partial charge in [0.15, 0.2) is 5.79 Å². The van der Waals surface area contributed by atoms with Crippen LogP contribution in [0.5, 0.6) is 0 Å². The van der Waals surface area contributed by atoms with Crippen molar-refractivity contribution in [3.05, 3.63) is 35.9 Å². The van der Waals surface area contributed by atoms with Crippen LogP contribution in [0.1, 0.15) is 44.2 Å². The summed E-state index contributed by atoms with van der Waals surface area (Å²) in [5.74, 6) is -0.242. The van der Waals surface area contributed by atoms with Gasteiger partial charge in [0.25, 0.3) is 0 Å². The average Bonchev–Trinajstić information content (AvgIpc) is 2.91. The molecule has 1 aliphatic carbocycles. The van der Waals surface area contributed by atoms with E-state index in [-0.39, 0.29) is 5.79 Å². The van der Waals surface area contributed by atoms with E-state index in [0.717, 1.165) is 38.9 Å². The molecule has 0 unspecified atom stereocenters. The zero-order valence-corrected chi connectivity index (χ0v) is 11.6. The lowest BCUT2D eigenvalue weighted by Gasteiger charge is -2.36. The zero-order chi connectivity index (χ0) is 13.1. The van der Waals surface area contributed by atoms with Crippen molar-refractivity contribution in [2.75, 3.05) is 13.2 Å². The fourth-order valence-corrected chi connectivity index (χ4v) is 3.20. The largest absolute Gasteiger partial charge is 0.348 e. The number of hydrogen-bond donors (Lipinski definition) is 1. The van der Waals surface area contributed by atoms with E-state index in [1.807, 2.05) is 0 Å². The molecule has 2 fully saturated rings. The van der Waals surface area contributed by atoms with E-state index in [0.29, 0.717) is 12.1 Å². The van der Waals surface area contributed by atoms with E-state index < -0.39 is 0 Å². The molecule has 0 aromatic heterocycles. The quantitative estimate of drug-likeness (QED) is 0.907. The third kappa shape index (κ3) is 2.99. The van der Waals surface area contributed by atoms with Gasteiger partial charge in [-0.3, -0.25) is 0 Å². The fourth-order valence-electron chi connectivity index (χ4n) is 3.20. The maximum atomic E-state index is 5.77. The maximum absolute atomic E-state index is 5.77. The van der Waals surface area contributed by atoms with Gasteiger partial charge >= 0.3 is 0 Å². The van der Waals surface area contributed by atoms with Gasteiger partial charge in [-0.15, -0.1) is 0 Å². The molecule has 3 rings (SSSR count). The van der Waals surface area contributed by atoms with Crippen LogP contribution >= 0.6 is 0 Å². The molecular formula is C16H23NO2. The summed E-state index contributed by atoms with van der Waals surface area (Å²) in [6, 6.07) is 11.6. The van der Waals surface area contributed by atoms with Gasteiger partial charge in [-0.05, 0) is 25.3 Å². The van der Waals surface area contributed by atoms with Crippen molar-refractivity contribution in [1.29, 1.82) is 0 Å². The van der Waals surface area contributed by atoms with E-state index in [1.165, 1.54) is 5.56 Å². The number of ether oxygens (including phenoxy) is 2. The molecule has 19 heavy (non-hydrogen) atoms. The molecule has 1 aliphatic heterocycles. The molecule has 0 amide bonds. The van der Waals surface area contributed by atoms with Crippen LogP contribution in [0, 0.1) is 0 Å². The molecule has 1 aromatic carbocycles. The molecule has 0 radical (unpaired) electrons. The van der Waals surface area contributed by atoms with Crippen LogP contribution in [0.15, 0.2) is 30.3 Å². The summed E-state index contributed by atoms with van der Waals surface area (Å²) < 4.78 is 11.5. The summed E-state index contributed by atoms with van der Waals surface area (Å²) in [5.41, 5.74) is 1.36. The Labute approximate surface area is 115 Å². The van der Waals surface area contributed by atoms with Crippen molar-refractivity contribution in [3.63, 3.8) is 0 Å². The van der Waals surface area contributed by atoms with E-state index >= 15 is 0 Å². The number of benzene rings is 1. The summed E-state index contributed by atoms with van der Waals surface area (Å²) in [4.78, 5) is 0. The standard InChI is InChI=1S/C16H23NO2/c1-13(14-5-3-2-4-6-14)17-15-7-9-16(10-8-15)18-11-12-19-16/h2-6,13,15,17H,7-12H2,1H3/t13-/m0/s1. The summed E-state index contributed by atoms with van der Waals surface area (Å²) in [7, 11) is 0. The molecule has 1 saturated heterocycles. The molecule has 1 atom stereocenters. The third-order valence-electron chi connectivity index (χ3n) is 4.35. The minimum Gasteiger partial charge on any atom is -0.348 e. The first-order valence-electron chi connectivity index (χ1n) is 7.36. The Morgan fingerprint density at radius 1 is 1.11 bits per heavy atom. The van der Waals surface area contributed by atoms with Gasteiger partial charge in [-0.1, -0.05) is 30.3 Å². The highest BCUT2D eigenvalue weighted by Gasteiger charge is 2.40. The normalized spacial score (nSPS) is 24.7. The van der Waals surface area contributed by atoms with E-state index in [4.69, 9.17) is 9.47 Å². The summed E-state index contributed by atoms with van der Waals surface area (Å²) in [6.07, 6.45) is 4.31. The van der Waals surface area contributed by atoms with Crippen LogP contribution in [-0.2, 0) is 9.47 Å². The Morgan fingerprint density at radius 3 is 2.37 bits per heavy atom. The smallest absolute Gasteiger partial charge is 0.168 e. The second-order valence-electron chi connectivity index (χ2n) is 5.68. The van der Waals surface area contributed by atoms with Crippen molar-refractivity contribution >= 4 is 0 Å². The topological polar surface area (TPSA) is 30.5 Å². The van der Waals surface area contributed by atoms with Crippen LogP contribution in [0.2, 0.25) is 0 Å². The van der Waals surface area contributed by atoms with Crippen LogP contribution in [0.3, 0.4) is 0 Å². The fraction of sp³-hybridized carbons (Fsp3) is 0.625. The van der Waals surface area contributed by atoms with Crippen LogP contribution in [0.25, 0.3) is 0 Å². The first-order chi connectivity index (χ1) is 9.27. The molecule has 1 heterocycles. The summed E-state index contributed by atoms with van der Waals surface area (Å²) in [5, 5.41) is 3.73. The Bertz CT molecular complexity index is 390. The Morgan fingerprint density at radius 2 is 1.74 bits per heavy atom. The SMILES string of the molecule is C[C@H](NC1CCC2(CC1)OCCO2)c1ccccc1. The van der Waals surface area contributed by atoms with Gasteiger partial charge in [0.1, 0.15) is 0 Å². The minimum atomic E-state index is -0.242. The highest BCUT2D eigenvalue weighted by molar-refractivity contribution is 5.18. The maximum Gasteiger partial charge on any atom is 0.168 e. The van der Waals surface area contributed by atoms with Crippen molar-refractivity contribution in [2.24, 2.45) is 0 Å². The van der Waals surface area contributed by atoms with Crippen molar-refractivity contribution in [3.8, 4) is 0 Å². The van der Waals surface area contributed by atoms with Crippen LogP contribution < -0.4 is 5.32 Å². The molecule has 3 heteroatoms. The molecular weight excluding hydrogens is 238 g/mol. The first kappa shape index (κ1) is 13.1. The Hall–Kier alpha value is -0.900. The van der Waals surface area contributed by atoms with Crippen molar-refractivity contribution in [1.82, 2.24) is 5.32 Å². The molecule has 1 N–H and O–H groups in total. The highest BCUT2D eigenvalue weighted by atomic mass is 16.7. The van der Waals surface area contributed by atoms with Crippen molar-refractivity contribution < 1.29 is 9.47 Å². The highest BCUT2D eigenvalue weighted by Crippen LogP contribution is 2.36.